The highest BCUT2D eigenvalue weighted by atomic mass is 16.4. The smallest absolute Gasteiger partial charge is 0.356 e. The Morgan fingerprint density at radius 2 is 2.16 bits per heavy atom. The largest absolute Gasteiger partial charge is 0.476 e. The summed E-state index contributed by atoms with van der Waals surface area (Å²) < 4.78 is 1.60. The fourth-order valence-electron chi connectivity index (χ4n) is 1.40. The number of aromatic carboxylic acids is 1. The monoisotopic (exact) mass is 268 g/mol. The van der Waals surface area contributed by atoms with Crippen molar-refractivity contribution in [2.24, 2.45) is 11.1 Å². The van der Waals surface area contributed by atoms with Crippen molar-refractivity contribution in [3.63, 3.8) is 0 Å². The molecule has 0 saturated heterocycles. The van der Waals surface area contributed by atoms with Crippen molar-refractivity contribution in [3.05, 3.63) is 18.2 Å². The van der Waals surface area contributed by atoms with Crippen molar-refractivity contribution < 1.29 is 14.7 Å². The van der Waals surface area contributed by atoms with Gasteiger partial charge in [0.2, 0.25) is 5.91 Å². The lowest BCUT2D eigenvalue weighted by Crippen LogP contribution is -2.49. The number of nitrogens with zero attached hydrogens (tertiary/aromatic N) is 2. The van der Waals surface area contributed by atoms with Crippen LogP contribution in [0, 0.1) is 5.41 Å². The molecule has 1 rings (SSSR count). The van der Waals surface area contributed by atoms with E-state index in [1.807, 2.05) is 20.8 Å². The second-order valence-electron chi connectivity index (χ2n) is 5.44. The highest BCUT2D eigenvalue weighted by Crippen LogP contribution is 2.16. The number of carboxylic acids is 1. The van der Waals surface area contributed by atoms with Crippen LogP contribution in [0.5, 0.6) is 0 Å². The third-order valence-corrected chi connectivity index (χ3v) is 2.74. The molecular formula is C12H20N4O3. The summed E-state index contributed by atoms with van der Waals surface area (Å²) in [5.74, 6) is -1.29. The Labute approximate surface area is 111 Å². The van der Waals surface area contributed by atoms with E-state index >= 15 is 0 Å². The number of rotatable bonds is 5. The predicted molar refractivity (Wildman–Crippen MR) is 69.6 cm³/mol. The first-order valence-electron chi connectivity index (χ1n) is 6.00. The Kier molecular flexibility index (Phi) is 4.66. The van der Waals surface area contributed by atoms with Crippen LogP contribution in [0.3, 0.4) is 0 Å². The van der Waals surface area contributed by atoms with Crippen molar-refractivity contribution in [2.75, 3.05) is 6.54 Å². The number of carbonyl (C=O) groups is 2. The third-order valence-electron chi connectivity index (χ3n) is 2.74. The fourth-order valence-corrected chi connectivity index (χ4v) is 1.40. The summed E-state index contributed by atoms with van der Waals surface area (Å²) in [5, 5.41) is 11.4. The number of carbonyl (C=O) groups excluding carboxylic acids is 1. The lowest BCUT2D eigenvalue weighted by atomic mass is 9.87. The Morgan fingerprint density at radius 3 is 2.63 bits per heavy atom. The molecule has 0 aliphatic heterocycles. The van der Waals surface area contributed by atoms with E-state index in [0.29, 0.717) is 13.1 Å². The molecule has 1 aromatic rings. The number of hydrogen-bond acceptors (Lipinski definition) is 4. The van der Waals surface area contributed by atoms with Gasteiger partial charge in [0.15, 0.2) is 5.69 Å². The van der Waals surface area contributed by atoms with Crippen molar-refractivity contribution in [1.82, 2.24) is 14.9 Å². The summed E-state index contributed by atoms with van der Waals surface area (Å²) in [7, 11) is 0. The summed E-state index contributed by atoms with van der Waals surface area (Å²) in [6, 6.07) is -0.579. The zero-order valence-corrected chi connectivity index (χ0v) is 11.4. The summed E-state index contributed by atoms with van der Waals surface area (Å²) in [6.07, 6.45) is 2.83. The topological polar surface area (TPSA) is 110 Å². The molecule has 0 fully saturated rings. The Bertz CT molecular complexity index is 462. The highest BCUT2D eigenvalue weighted by Gasteiger charge is 2.26. The van der Waals surface area contributed by atoms with E-state index in [-0.39, 0.29) is 17.0 Å². The molecule has 19 heavy (non-hydrogen) atoms. The molecule has 1 atom stereocenters. The molecule has 0 radical (unpaired) electrons. The first kappa shape index (κ1) is 15.2. The number of imidazole rings is 1. The molecule has 0 saturated carbocycles. The predicted octanol–water partition coefficient (Wildman–Crippen LogP) is 0.0709. The summed E-state index contributed by atoms with van der Waals surface area (Å²) in [4.78, 5) is 26.1. The summed E-state index contributed by atoms with van der Waals surface area (Å²) >= 11 is 0. The van der Waals surface area contributed by atoms with E-state index in [1.54, 1.807) is 4.57 Å². The second-order valence-corrected chi connectivity index (χ2v) is 5.44. The van der Waals surface area contributed by atoms with Crippen molar-refractivity contribution in [3.8, 4) is 0 Å². The standard InChI is InChI=1S/C12H20N4O3/c1-12(2,3)9(13)10(17)14-4-5-16-6-8(11(18)19)15-7-16/h6-7,9H,4-5,13H2,1-3H3,(H,14,17)(H,18,19)/t9-/m1/s1. The quantitative estimate of drug-likeness (QED) is 0.700. The van der Waals surface area contributed by atoms with Crippen LogP contribution in [0.1, 0.15) is 31.3 Å². The molecule has 1 heterocycles. The number of nitrogens with one attached hydrogen (secondary N) is 1. The lowest BCUT2D eigenvalue weighted by Gasteiger charge is -2.25. The van der Waals surface area contributed by atoms with Crippen LogP contribution >= 0.6 is 0 Å². The lowest BCUT2D eigenvalue weighted by molar-refractivity contribution is -0.124. The van der Waals surface area contributed by atoms with Gasteiger partial charge in [0, 0.05) is 19.3 Å². The average Bonchev–Trinajstić information content (AvgIpc) is 2.75. The van der Waals surface area contributed by atoms with Gasteiger partial charge >= 0.3 is 5.97 Å². The number of carboxylic acid groups (broad SMARTS) is 1. The van der Waals surface area contributed by atoms with Gasteiger partial charge in [-0.25, -0.2) is 9.78 Å². The number of nitrogens with two attached hydrogens (primary N) is 1. The highest BCUT2D eigenvalue weighted by molar-refractivity contribution is 5.84. The maximum absolute atomic E-state index is 11.7. The van der Waals surface area contributed by atoms with Gasteiger partial charge in [0.25, 0.3) is 0 Å². The minimum absolute atomic E-state index is 0.0160. The van der Waals surface area contributed by atoms with Crippen LogP contribution < -0.4 is 11.1 Å². The molecule has 4 N–H and O–H groups in total. The molecule has 0 spiro atoms. The minimum Gasteiger partial charge on any atom is -0.476 e. The molecular weight excluding hydrogens is 248 g/mol. The van der Waals surface area contributed by atoms with Gasteiger partial charge in [0.05, 0.1) is 12.4 Å². The Balaban J connectivity index is 2.42. The van der Waals surface area contributed by atoms with Crippen molar-refractivity contribution >= 4 is 11.9 Å². The molecule has 7 nitrogen and oxygen atoms in total. The van der Waals surface area contributed by atoms with Crippen LogP contribution in [0.2, 0.25) is 0 Å². The van der Waals surface area contributed by atoms with Gasteiger partial charge in [-0.15, -0.1) is 0 Å². The van der Waals surface area contributed by atoms with E-state index in [4.69, 9.17) is 10.8 Å². The molecule has 0 aromatic carbocycles. The number of hydrogen-bond donors (Lipinski definition) is 3. The van der Waals surface area contributed by atoms with Crippen LogP contribution in [-0.2, 0) is 11.3 Å². The maximum Gasteiger partial charge on any atom is 0.356 e. The summed E-state index contributed by atoms with van der Waals surface area (Å²) in [5.41, 5.74) is 5.50. The molecule has 0 unspecified atom stereocenters. The second kappa shape index (κ2) is 5.83. The normalized spacial score (nSPS) is 13.1. The molecule has 0 bridgehead atoms. The molecule has 0 aliphatic carbocycles. The van der Waals surface area contributed by atoms with E-state index in [0.717, 1.165) is 0 Å². The maximum atomic E-state index is 11.7. The van der Waals surface area contributed by atoms with Crippen molar-refractivity contribution in [2.45, 2.75) is 33.4 Å². The van der Waals surface area contributed by atoms with Gasteiger partial charge in [-0.1, -0.05) is 20.8 Å². The van der Waals surface area contributed by atoms with Gasteiger partial charge in [0.1, 0.15) is 0 Å². The molecule has 0 aliphatic rings. The zero-order valence-electron chi connectivity index (χ0n) is 11.4. The Morgan fingerprint density at radius 1 is 1.53 bits per heavy atom. The van der Waals surface area contributed by atoms with E-state index in [2.05, 4.69) is 10.3 Å². The SMILES string of the molecule is CC(C)(C)[C@H](N)C(=O)NCCn1cnc(C(=O)O)c1. The number of amides is 1. The van der Waals surface area contributed by atoms with Gasteiger partial charge in [-0.3, -0.25) is 4.79 Å². The number of aromatic nitrogens is 2. The molecule has 7 heteroatoms. The zero-order chi connectivity index (χ0) is 14.6. The van der Waals surface area contributed by atoms with Crippen LogP contribution in [0.4, 0.5) is 0 Å². The first-order valence-corrected chi connectivity index (χ1v) is 6.00. The fraction of sp³-hybridized carbons (Fsp3) is 0.583. The van der Waals surface area contributed by atoms with Gasteiger partial charge in [-0.2, -0.15) is 0 Å². The Hall–Kier alpha value is -1.89. The third kappa shape index (κ3) is 4.36. The van der Waals surface area contributed by atoms with Crippen LogP contribution in [0.25, 0.3) is 0 Å². The first-order chi connectivity index (χ1) is 8.71. The average molecular weight is 268 g/mol. The minimum atomic E-state index is -1.07. The van der Waals surface area contributed by atoms with Crippen LogP contribution in [0.15, 0.2) is 12.5 Å². The molecule has 1 amide bonds. The summed E-state index contributed by atoms with van der Waals surface area (Å²) in [6.45, 7) is 6.51. The van der Waals surface area contributed by atoms with E-state index in [1.165, 1.54) is 12.5 Å². The van der Waals surface area contributed by atoms with E-state index in [9.17, 15) is 9.59 Å². The van der Waals surface area contributed by atoms with Gasteiger partial charge < -0.3 is 20.7 Å². The molecule has 106 valence electrons. The van der Waals surface area contributed by atoms with Gasteiger partial charge in [-0.05, 0) is 5.41 Å². The van der Waals surface area contributed by atoms with Crippen LogP contribution in [-0.4, -0.2) is 39.1 Å². The van der Waals surface area contributed by atoms with Crippen molar-refractivity contribution in [1.29, 1.82) is 0 Å². The molecule has 1 aromatic heterocycles. The van der Waals surface area contributed by atoms with E-state index < -0.39 is 12.0 Å².